The lowest BCUT2D eigenvalue weighted by Gasteiger charge is -2.28. The van der Waals surface area contributed by atoms with Crippen molar-refractivity contribution < 1.29 is 4.42 Å². The second-order valence-electron chi connectivity index (χ2n) is 13.8. The first kappa shape index (κ1) is 31.6. The Labute approximate surface area is 314 Å². The minimum Gasteiger partial charge on any atom is -0.456 e. The molecule has 0 saturated heterocycles. The van der Waals surface area contributed by atoms with E-state index in [0.29, 0.717) is 0 Å². The highest BCUT2D eigenvalue weighted by Gasteiger charge is 2.19. The molecule has 2 nitrogen and oxygen atoms in total. The van der Waals surface area contributed by atoms with Crippen molar-refractivity contribution in [3.8, 4) is 44.5 Å². The van der Waals surface area contributed by atoms with Gasteiger partial charge in [0.25, 0.3) is 0 Å². The topological polar surface area (TPSA) is 16.4 Å². The molecule has 1 aromatic heterocycles. The molecule has 9 aromatic carbocycles. The van der Waals surface area contributed by atoms with Gasteiger partial charge in [0.1, 0.15) is 11.2 Å². The second kappa shape index (κ2) is 13.4. The van der Waals surface area contributed by atoms with Gasteiger partial charge in [-0.1, -0.05) is 158 Å². The van der Waals surface area contributed by atoms with Crippen LogP contribution in [0, 0.1) is 0 Å². The minimum absolute atomic E-state index is 0.885. The van der Waals surface area contributed by atoms with Gasteiger partial charge in [0.05, 0.1) is 5.69 Å². The predicted molar refractivity (Wildman–Crippen MR) is 228 cm³/mol. The average molecular weight is 690 g/mol. The fourth-order valence-electron chi connectivity index (χ4n) is 7.72. The van der Waals surface area contributed by atoms with E-state index in [9.17, 15) is 0 Å². The molecule has 54 heavy (non-hydrogen) atoms. The zero-order valence-corrected chi connectivity index (χ0v) is 29.6. The van der Waals surface area contributed by atoms with Gasteiger partial charge in [0, 0.05) is 27.7 Å². The van der Waals surface area contributed by atoms with Crippen LogP contribution in [0.25, 0.3) is 77.2 Å². The summed E-state index contributed by atoms with van der Waals surface area (Å²) in [6.45, 7) is 0. The number of rotatable bonds is 7. The number of benzene rings is 9. The fraction of sp³-hybridized carbons (Fsp3) is 0. The Bertz CT molecular complexity index is 2920. The molecule has 10 rings (SSSR count). The second-order valence-corrected chi connectivity index (χ2v) is 13.8. The average Bonchev–Trinajstić information content (AvgIpc) is 3.63. The Hall–Kier alpha value is -7.16. The van der Waals surface area contributed by atoms with E-state index in [1.165, 1.54) is 44.2 Å². The Morgan fingerprint density at radius 2 is 0.870 bits per heavy atom. The van der Waals surface area contributed by atoms with E-state index in [4.69, 9.17) is 4.42 Å². The molecule has 0 spiro atoms. The van der Waals surface area contributed by atoms with Gasteiger partial charge in [0.15, 0.2) is 0 Å². The number of hydrogen-bond donors (Lipinski definition) is 0. The molecular formula is C52H35NO. The molecule has 254 valence electrons. The normalized spacial score (nSPS) is 11.3. The summed E-state index contributed by atoms with van der Waals surface area (Å²) in [4.78, 5) is 2.38. The highest BCUT2D eigenvalue weighted by atomic mass is 16.3. The smallest absolute Gasteiger partial charge is 0.136 e. The molecule has 0 unspecified atom stereocenters. The Morgan fingerprint density at radius 1 is 0.296 bits per heavy atom. The molecule has 0 radical (unpaired) electrons. The van der Waals surface area contributed by atoms with Crippen LogP contribution in [-0.4, -0.2) is 0 Å². The third-order valence-corrected chi connectivity index (χ3v) is 10.5. The Morgan fingerprint density at radius 3 is 1.69 bits per heavy atom. The molecule has 2 heteroatoms. The van der Waals surface area contributed by atoms with Gasteiger partial charge in [-0.25, -0.2) is 0 Å². The van der Waals surface area contributed by atoms with Gasteiger partial charge in [-0.15, -0.1) is 0 Å². The lowest BCUT2D eigenvalue weighted by atomic mass is 9.98. The van der Waals surface area contributed by atoms with Gasteiger partial charge in [-0.05, 0) is 104 Å². The zero-order valence-electron chi connectivity index (χ0n) is 29.6. The summed E-state index contributed by atoms with van der Waals surface area (Å²) in [5, 5.41) is 4.73. The molecule has 10 aromatic rings. The molecule has 0 atom stereocenters. The number of anilines is 3. The summed E-state index contributed by atoms with van der Waals surface area (Å²) >= 11 is 0. The Balaban J connectivity index is 1.09. The lowest BCUT2D eigenvalue weighted by Crippen LogP contribution is -2.11. The number of hydrogen-bond acceptors (Lipinski definition) is 2. The highest BCUT2D eigenvalue weighted by Crippen LogP contribution is 2.43. The summed E-state index contributed by atoms with van der Waals surface area (Å²) in [6, 6.07) is 76.0. The van der Waals surface area contributed by atoms with Crippen molar-refractivity contribution in [3.05, 3.63) is 212 Å². The summed E-state index contributed by atoms with van der Waals surface area (Å²) < 4.78 is 6.35. The molecule has 0 aliphatic carbocycles. The standard InChI is InChI=1S/C52H35NO/c1-2-11-36(12-3-1)38-21-23-39(24-22-38)40-27-30-45(31-28-40)53(46-16-10-15-42(34-46)43-26-25-37-13-4-5-14-41(37)33-43)50-19-8-6-17-47(50)44-29-32-49-48-18-7-9-20-51(48)54-52(49)35-44/h1-35H. The van der Waals surface area contributed by atoms with E-state index in [1.807, 2.05) is 12.1 Å². The molecule has 0 N–H and O–H groups in total. The van der Waals surface area contributed by atoms with Crippen LogP contribution in [0.2, 0.25) is 0 Å². The first-order valence-electron chi connectivity index (χ1n) is 18.4. The van der Waals surface area contributed by atoms with Crippen molar-refractivity contribution in [2.45, 2.75) is 0 Å². The van der Waals surface area contributed by atoms with E-state index in [2.05, 4.69) is 205 Å². The zero-order chi connectivity index (χ0) is 35.8. The third-order valence-electron chi connectivity index (χ3n) is 10.5. The maximum atomic E-state index is 6.35. The predicted octanol–water partition coefficient (Wildman–Crippen LogP) is 14.9. The largest absolute Gasteiger partial charge is 0.456 e. The van der Waals surface area contributed by atoms with Crippen molar-refractivity contribution in [2.75, 3.05) is 4.90 Å². The van der Waals surface area contributed by atoms with Crippen LogP contribution in [0.5, 0.6) is 0 Å². The summed E-state index contributed by atoms with van der Waals surface area (Å²) in [6.07, 6.45) is 0. The highest BCUT2D eigenvalue weighted by molar-refractivity contribution is 6.06. The van der Waals surface area contributed by atoms with Crippen molar-refractivity contribution in [1.29, 1.82) is 0 Å². The van der Waals surface area contributed by atoms with Crippen LogP contribution >= 0.6 is 0 Å². The van der Waals surface area contributed by atoms with Gasteiger partial charge in [-0.3, -0.25) is 0 Å². The van der Waals surface area contributed by atoms with Crippen LogP contribution in [0.15, 0.2) is 217 Å². The summed E-state index contributed by atoms with van der Waals surface area (Å²) in [5.41, 5.74) is 14.4. The van der Waals surface area contributed by atoms with Gasteiger partial charge in [-0.2, -0.15) is 0 Å². The number of nitrogens with zero attached hydrogens (tertiary/aromatic N) is 1. The van der Waals surface area contributed by atoms with E-state index in [1.54, 1.807) is 0 Å². The van der Waals surface area contributed by atoms with E-state index in [0.717, 1.165) is 50.1 Å². The summed E-state index contributed by atoms with van der Waals surface area (Å²) in [7, 11) is 0. The molecule has 0 aliphatic heterocycles. The van der Waals surface area contributed by atoms with Gasteiger partial charge < -0.3 is 9.32 Å². The van der Waals surface area contributed by atoms with E-state index < -0.39 is 0 Å². The molecule has 0 bridgehead atoms. The van der Waals surface area contributed by atoms with Crippen LogP contribution in [0.4, 0.5) is 17.1 Å². The number of fused-ring (bicyclic) bond motifs is 4. The number of furan rings is 1. The molecule has 0 fully saturated rings. The third kappa shape index (κ3) is 5.81. The van der Waals surface area contributed by atoms with Crippen molar-refractivity contribution >= 4 is 49.8 Å². The van der Waals surface area contributed by atoms with Gasteiger partial charge in [0.2, 0.25) is 0 Å². The SMILES string of the molecule is c1ccc(-c2ccc(-c3ccc(N(c4cccc(-c5ccc6ccccc6c5)c4)c4ccccc4-c4ccc5c(c4)oc4ccccc45)cc3)cc2)cc1. The van der Waals surface area contributed by atoms with Crippen LogP contribution < -0.4 is 4.90 Å². The van der Waals surface area contributed by atoms with Gasteiger partial charge >= 0.3 is 0 Å². The van der Waals surface area contributed by atoms with Crippen LogP contribution in [0.1, 0.15) is 0 Å². The monoisotopic (exact) mass is 689 g/mol. The first-order chi connectivity index (χ1) is 26.7. The van der Waals surface area contributed by atoms with Crippen molar-refractivity contribution in [1.82, 2.24) is 0 Å². The van der Waals surface area contributed by atoms with Crippen LogP contribution in [0.3, 0.4) is 0 Å². The Kier molecular flexibility index (Phi) is 7.85. The molecule has 0 saturated carbocycles. The molecular weight excluding hydrogens is 655 g/mol. The van der Waals surface area contributed by atoms with Crippen LogP contribution in [-0.2, 0) is 0 Å². The molecule has 0 aliphatic rings. The van der Waals surface area contributed by atoms with Crippen molar-refractivity contribution in [2.24, 2.45) is 0 Å². The lowest BCUT2D eigenvalue weighted by molar-refractivity contribution is 0.669. The summed E-state index contributed by atoms with van der Waals surface area (Å²) in [5.74, 6) is 0. The number of para-hydroxylation sites is 2. The maximum Gasteiger partial charge on any atom is 0.136 e. The fourth-order valence-corrected chi connectivity index (χ4v) is 7.72. The first-order valence-corrected chi connectivity index (χ1v) is 18.4. The molecule has 1 heterocycles. The van der Waals surface area contributed by atoms with Crippen molar-refractivity contribution in [3.63, 3.8) is 0 Å². The maximum absolute atomic E-state index is 6.35. The quantitative estimate of drug-likeness (QED) is 0.166. The van der Waals surface area contributed by atoms with E-state index in [-0.39, 0.29) is 0 Å². The minimum atomic E-state index is 0.885. The van der Waals surface area contributed by atoms with E-state index >= 15 is 0 Å². The molecule has 0 amide bonds.